The zero-order chi connectivity index (χ0) is 23.3. The molecule has 5 rings (SSSR count). The molecule has 0 atom stereocenters. The molecule has 5 aromatic rings. The van der Waals surface area contributed by atoms with E-state index in [9.17, 15) is 0 Å². The van der Waals surface area contributed by atoms with Crippen LogP contribution in [0.25, 0.3) is 10.9 Å². The van der Waals surface area contributed by atoms with Gasteiger partial charge in [-0.25, -0.2) is 9.97 Å². The van der Waals surface area contributed by atoms with Gasteiger partial charge in [0.05, 0.1) is 11.2 Å². The van der Waals surface area contributed by atoms with Crippen molar-refractivity contribution in [2.45, 2.75) is 20.0 Å². The number of rotatable bonds is 7. The van der Waals surface area contributed by atoms with Gasteiger partial charge in [0.1, 0.15) is 12.0 Å². The maximum atomic E-state index is 6.66. The highest BCUT2D eigenvalue weighted by Gasteiger charge is 2.17. The number of hydrogen-bond acceptors (Lipinski definition) is 6. The number of benzene rings is 3. The van der Waals surface area contributed by atoms with Gasteiger partial charge in [-0.15, -0.1) is 0 Å². The summed E-state index contributed by atoms with van der Waals surface area (Å²) in [5.41, 5.74) is 12.2. The van der Waals surface area contributed by atoms with Crippen LogP contribution >= 0.6 is 0 Å². The van der Waals surface area contributed by atoms with E-state index >= 15 is 0 Å². The Balaban J connectivity index is 1.51. The van der Waals surface area contributed by atoms with Gasteiger partial charge in [0, 0.05) is 24.2 Å². The lowest BCUT2D eigenvalue weighted by Crippen LogP contribution is -2.24. The SMILES string of the molecule is Cc1ccc2cccc(Nc3ncnc(N(Cc4ccccc4)Cc4ccccc4)c3N)c2n1. The first kappa shape index (κ1) is 21.4. The highest BCUT2D eigenvalue weighted by atomic mass is 15.2. The van der Waals surface area contributed by atoms with Gasteiger partial charge in [-0.2, -0.15) is 0 Å². The highest BCUT2D eigenvalue weighted by molar-refractivity contribution is 5.93. The van der Waals surface area contributed by atoms with E-state index in [2.05, 4.69) is 50.5 Å². The first-order valence-corrected chi connectivity index (χ1v) is 11.2. The third-order valence-electron chi connectivity index (χ3n) is 5.71. The fourth-order valence-corrected chi connectivity index (χ4v) is 4.02. The van der Waals surface area contributed by atoms with Crippen LogP contribution < -0.4 is 16.0 Å². The molecular weight excluding hydrogens is 420 g/mol. The molecule has 3 N–H and O–H groups in total. The summed E-state index contributed by atoms with van der Waals surface area (Å²) in [6, 6.07) is 30.8. The average molecular weight is 447 g/mol. The third kappa shape index (κ3) is 4.66. The smallest absolute Gasteiger partial charge is 0.159 e. The second-order valence-electron chi connectivity index (χ2n) is 8.24. The number of nitrogens with one attached hydrogen (secondary N) is 1. The monoisotopic (exact) mass is 446 g/mol. The molecule has 0 bridgehead atoms. The van der Waals surface area contributed by atoms with E-state index in [1.54, 1.807) is 6.33 Å². The van der Waals surface area contributed by atoms with Gasteiger partial charge in [0.25, 0.3) is 0 Å². The first-order valence-electron chi connectivity index (χ1n) is 11.2. The molecule has 0 spiro atoms. The van der Waals surface area contributed by atoms with Crippen molar-refractivity contribution in [3.05, 3.63) is 114 Å². The standard InChI is InChI=1S/C28H26N6/c1-20-15-16-23-13-8-14-24(26(23)32-20)33-27-25(29)28(31-19-30-27)34(17-21-9-4-2-5-10-21)18-22-11-6-3-7-12-22/h2-16,19H,17-18,29H2,1H3,(H,30,31,33). The van der Waals surface area contributed by atoms with E-state index in [0.29, 0.717) is 30.4 Å². The van der Waals surface area contributed by atoms with Crippen LogP contribution in [0.2, 0.25) is 0 Å². The quantitative estimate of drug-likeness (QED) is 0.326. The van der Waals surface area contributed by atoms with Crippen molar-refractivity contribution in [2.75, 3.05) is 16.0 Å². The first-order chi connectivity index (χ1) is 16.7. The molecule has 0 radical (unpaired) electrons. The number of nitrogens with two attached hydrogens (primary N) is 1. The minimum atomic E-state index is 0.499. The van der Waals surface area contributed by atoms with Crippen LogP contribution in [0.4, 0.5) is 23.0 Å². The minimum Gasteiger partial charge on any atom is -0.393 e. The zero-order valence-corrected chi connectivity index (χ0v) is 19.0. The van der Waals surface area contributed by atoms with Crippen LogP contribution in [0.5, 0.6) is 0 Å². The van der Waals surface area contributed by atoms with Crippen molar-refractivity contribution in [2.24, 2.45) is 0 Å². The Morgan fingerprint density at radius 3 is 2.12 bits per heavy atom. The van der Waals surface area contributed by atoms with Crippen LogP contribution in [-0.4, -0.2) is 15.0 Å². The normalized spacial score (nSPS) is 10.9. The van der Waals surface area contributed by atoms with Gasteiger partial charge in [-0.1, -0.05) is 78.9 Å². The van der Waals surface area contributed by atoms with Gasteiger partial charge in [-0.3, -0.25) is 4.98 Å². The van der Waals surface area contributed by atoms with Crippen molar-refractivity contribution in [3.8, 4) is 0 Å². The number of hydrogen-bond donors (Lipinski definition) is 2. The van der Waals surface area contributed by atoms with Crippen molar-refractivity contribution in [3.63, 3.8) is 0 Å². The summed E-state index contributed by atoms with van der Waals surface area (Å²) in [5.74, 6) is 1.25. The van der Waals surface area contributed by atoms with E-state index in [1.807, 2.05) is 67.6 Å². The van der Waals surface area contributed by atoms with E-state index < -0.39 is 0 Å². The predicted octanol–water partition coefficient (Wildman–Crippen LogP) is 5.87. The highest BCUT2D eigenvalue weighted by Crippen LogP contribution is 2.32. The van der Waals surface area contributed by atoms with E-state index in [-0.39, 0.29) is 0 Å². The topological polar surface area (TPSA) is 80.0 Å². The van der Waals surface area contributed by atoms with Crippen LogP contribution in [0.3, 0.4) is 0 Å². The van der Waals surface area contributed by atoms with Gasteiger partial charge < -0.3 is 16.0 Å². The van der Waals surface area contributed by atoms with Gasteiger partial charge in [0.2, 0.25) is 0 Å². The largest absolute Gasteiger partial charge is 0.393 e. The number of nitrogens with zero attached hydrogens (tertiary/aromatic N) is 4. The molecule has 0 fully saturated rings. The molecule has 0 aliphatic heterocycles. The zero-order valence-electron chi connectivity index (χ0n) is 19.0. The molecule has 6 nitrogen and oxygen atoms in total. The Kier molecular flexibility index (Phi) is 6.03. The average Bonchev–Trinajstić information content (AvgIpc) is 2.86. The van der Waals surface area contributed by atoms with E-state index in [1.165, 1.54) is 11.1 Å². The molecule has 0 saturated heterocycles. The van der Waals surface area contributed by atoms with Crippen LogP contribution in [0, 0.1) is 6.92 Å². The maximum absolute atomic E-state index is 6.66. The summed E-state index contributed by atoms with van der Waals surface area (Å²) in [5, 5.41) is 4.45. The molecule has 2 heterocycles. The number of fused-ring (bicyclic) bond motifs is 1. The Labute approximate surface area is 199 Å². The summed E-state index contributed by atoms with van der Waals surface area (Å²) < 4.78 is 0. The van der Waals surface area contributed by atoms with Crippen LogP contribution in [0.15, 0.2) is 97.3 Å². The van der Waals surface area contributed by atoms with Crippen molar-refractivity contribution < 1.29 is 0 Å². The molecular formula is C28H26N6. The number of pyridine rings is 1. The molecule has 0 aliphatic rings. The fourth-order valence-electron chi connectivity index (χ4n) is 4.02. The third-order valence-corrected chi connectivity index (χ3v) is 5.71. The lowest BCUT2D eigenvalue weighted by atomic mass is 10.1. The van der Waals surface area contributed by atoms with Gasteiger partial charge >= 0.3 is 0 Å². The second kappa shape index (κ2) is 9.58. The summed E-state index contributed by atoms with van der Waals surface area (Å²) in [7, 11) is 0. The number of anilines is 4. The molecule has 3 aromatic carbocycles. The van der Waals surface area contributed by atoms with Gasteiger partial charge in [0.15, 0.2) is 11.6 Å². The molecule has 6 heteroatoms. The van der Waals surface area contributed by atoms with E-state index in [4.69, 9.17) is 10.7 Å². The minimum absolute atomic E-state index is 0.499. The van der Waals surface area contributed by atoms with Crippen molar-refractivity contribution in [1.29, 1.82) is 0 Å². The molecule has 0 unspecified atom stereocenters. The molecule has 168 valence electrons. The Morgan fingerprint density at radius 2 is 1.44 bits per heavy atom. The lowest BCUT2D eigenvalue weighted by molar-refractivity contribution is 0.782. The summed E-state index contributed by atoms with van der Waals surface area (Å²) in [4.78, 5) is 15.9. The lowest BCUT2D eigenvalue weighted by Gasteiger charge is -2.26. The Bertz CT molecular complexity index is 1360. The molecule has 0 saturated carbocycles. The van der Waals surface area contributed by atoms with Gasteiger partial charge in [-0.05, 0) is 30.2 Å². The predicted molar refractivity (Wildman–Crippen MR) is 139 cm³/mol. The van der Waals surface area contributed by atoms with Crippen LogP contribution in [-0.2, 0) is 13.1 Å². The second-order valence-corrected chi connectivity index (χ2v) is 8.24. The molecule has 0 aliphatic carbocycles. The number of para-hydroxylation sites is 1. The van der Waals surface area contributed by atoms with E-state index in [0.717, 1.165) is 22.3 Å². The fraction of sp³-hybridized carbons (Fsp3) is 0.107. The summed E-state index contributed by atoms with van der Waals surface area (Å²) >= 11 is 0. The number of aryl methyl sites for hydroxylation is 1. The van der Waals surface area contributed by atoms with Crippen molar-refractivity contribution >= 4 is 33.9 Å². The maximum Gasteiger partial charge on any atom is 0.159 e. The number of nitrogen functional groups attached to an aromatic ring is 1. The molecule has 0 amide bonds. The molecule has 34 heavy (non-hydrogen) atoms. The summed E-state index contributed by atoms with van der Waals surface area (Å²) in [6.07, 6.45) is 1.56. The van der Waals surface area contributed by atoms with Crippen LogP contribution in [0.1, 0.15) is 16.8 Å². The summed E-state index contributed by atoms with van der Waals surface area (Å²) in [6.45, 7) is 3.33. The Morgan fingerprint density at radius 1 is 0.765 bits per heavy atom. The van der Waals surface area contributed by atoms with Crippen molar-refractivity contribution in [1.82, 2.24) is 15.0 Å². The Hall–Kier alpha value is -4.45. The number of aromatic nitrogens is 3. The molecule has 2 aromatic heterocycles.